The number of phenols is 1. The summed E-state index contributed by atoms with van der Waals surface area (Å²) in [6.45, 7) is 0.489. The summed E-state index contributed by atoms with van der Waals surface area (Å²) in [6.07, 6.45) is 5.06. The fourth-order valence-electron chi connectivity index (χ4n) is 3.17. The van der Waals surface area contributed by atoms with Crippen molar-refractivity contribution in [2.75, 3.05) is 0 Å². The maximum Gasteiger partial charge on any atom is 0.123 e. The van der Waals surface area contributed by atoms with Gasteiger partial charge in [-0.05, 0) is 48.4 Å². The van der Waals surface area contributed by atoms with Gasteiger partial charge in [-0.3, -0.25) is 0 Å². The zero-order valence-corrected chi connectivity index (χ0v) is 12.7. The summed E-state index contributed by atoms with van der Waals surface area (Å²) in [5.74, 6) is 0.484. The van der Waals surface area contributed by atoms with Crippen molar-refractivity contribution < 1.29 is 9.50 Å². The second-order valence-corrected chi connectivity index (χ2v) is 6.67. The molecule has 1 unspecified atom stereocenters. The summed E-state index contributed by atoms with van der Waals surface area (Å²) in [5.41, 5.74) is 0.620. The van der Waals surface area contributed by atoms with Gasteiger partial charge in [-0.1, -0.05) is 18.9 Å². The summed E-state index contributed by atoms with van der Waals surface area (Å²) >= 11 is 1.76. The largest absolute Gasteiger partial charge is 0.508 e. The van der Waals surface area contributed by atoms with Crippen LogP contribution in [0, 0.1) is 11.7 Å². The summed E-state index contributed by atoms with van der Waals surface area (Å²) in [4.78, 5) is 1.33. The topological polar surface area (TPSA) is 32.3 Å². The van der Waals surface area contributed by atoms with Gasteiger partial charge in [0, 0.05) is 23.0 Å². The minimum absolute atomic E-state index is 0.153. The quantitative estimate of drug-likeness (QED) is 0.845. The number of halogens is 1. The molecular formula is C17H20FNOS. The van der Waals surface area contributed by atoms with Crippen molar-refractivity contribution in [3.63, 3.8) is 0 Å². The van der Waals surface area contributed by atoms with E-state index < -0.39 is 0 Å². The highest BCUT2D eigenvalue weighted by Crippen LogP contribution is 2.37. The average Bonchev–Trinajstić information content (AvgIpc) is 3.16. The third-order valence-corrected chi connectivity index (χ3v) is 5.23. The standard InChI is InChI=1S/C17H20FNOS/c18-14-7-8-15(20)13(10-14)11-19-17(12-4-1-2-5-12)16-6-3-9-21-16/h3,6-10,12,17,19-20H,1-2,4-5,11H2. The maximum atomic E-state index is 13.3. The molecule has 2 nitrogen and oxygen atoms in total. The SMILES string of the molecule is Oc1ccc(F)cc1CNC(c1cccs1)C1CCCC1. The van der Waals surface area contributed by atoms with Crippen molar-refractivity contribution in [3.8, 4) is 5.75 Å². The Labute approximate surface area is 128 Å². The van der Waals surface area contributed by atoms with Crippen molar-refractivity contribution >= 4 is 11.3 Å². The molecule has 1 aliphatic carbocycles. The van der Waals surface area contributed by atoms with Crippen LogP contribution in [0.15, 0.2) is 35.7 Å². The lowest BCUT2D eigenvalue weighted by Gasteiger charge is -2.24. The Hall–Kier alpha value is -1.39. The number of phenolic OH excluding ortho intramolecular Hbond substituents is 1. The first-order valence-corrected chi connectivity index (χ1v) is 8.36. The van der Waals surface area contributed by atoms with E-state index in [4.69, 9.17) is 0 Å². The molecule has 1 saturated carbocycles. The maximum absolute atomic E-state index is 13.3. The van der Waals surface area contributed by atoms with E-state index in [2.05, 4.69) is 22.8 Å². The molecule has 0 saturated heterocycles. The van der Waals surface area contributed by atoms with Gasteiger partial charge in [0.05, 0.1) is 0 Å². The van der Waals surface area contributed by atoms with E-state index in [-0.39, 0.29) is 11.6 Å². The summed E-state index contributed by atoms with van der Waals surface area (Å²) < 4.78 is 13.3. The van der Waals surface area contributed by atoms with E-state index in [9.17, 15) is 9.50 Å². The lowest BCUT2D eigenvalue weighted by Crippen LogP contribution is -2.26. The van der Waals surface area contributed by atoms with Gasteiger partial charge in [0.25, 0.3) is 0 Å². The first-order valence-electron chi connectivity index (χ1n) is 7.48. The monoisotopic (exact) mass is 305 g/mol. The number of aromatic hydroxyl groups is 1. The van der Waals surface area contributed by atoms with E-state index in [0.29, 0.717) is 24.1 Å². The molecule has 0 aliphatic heterocycles. The molecular weight excluding hydrogens is 285 g/mol. The number of thiophene rings is 1. The Morgan fingerprint density at radius 2 is 2.10 bits per heavy atom. The molecule has 2 aromatic rings. The Morgan fingerprint density at radius 3 is 2.81 bits per heavy atom. The fourth-order valence-corrected chi connectivity index (χ4v) is 4.07. The molecule has 1 heterocycles. The van der Waals surface area contributed by atoms with Crippen LogP contribution in [-0.2, 0) is 6.54 Å². The molecule has 0 radical (unpaired) electrons. The Morgan fingerprint density at radius 1 is 1.29 bits per heavy atom. The minimum atomic E-state index is -0.307. The Balaban J connectivity index is 1.74. The molecule has 1 aromatic carbocycles. The number of hydrogen-bond donors (Lipinski definition) is 2. The van der Waals surface area contributed by atoms with Crippen LogP contribution in [0.1, 0.15) is 42.2 Å². The molecule has 0 spiro atoms. The molecule has 112 valence electrons. The first kappa shape index (κ1) is 14.5. The third kappa shape index (κ3) is 3.44. The fraction of sp³-hybridized carbons (Fsp3) is 0.412. The Bertz CT molecular complexity index is 578. The van der Waals surface area contributed by atoms with Gasteiger partial charge in [0.15, 0.2) is 0 Å². The first-order chi connectivity index (χ1) is 10.2. The number of benzene rings is 1. The predicted molar refractivity (Wildman–Crippen MR) is 83.9 cm³/mol. The van der Waals surface area contributed by atoms with Gasteiger partial charge < -0.3 is 10.4 Å². The zero-order chi connectivity index (χ0) is 14.7. The lowest BCUT2D eigenvalue weighted by molar-refractivity contribution is 0.366. The molecule has 1 aromatic heterocycles. The van der Waals surface area contributed by atoms with Crippen molar-refractivity contribution in [2.45, 2.75) is 38.3 Å². The van der Waals surface area contributed by atoms with Gasteiger partial charge in [-0.15, -0.1) is 11.3 Å². The van der Waals surface area contributed by atoms with Crippen LogP contribution in [0.2, 0.25) is 0 Å². The van der Waals surface area contributed by atoms with Gasteiger partial charge in [0.2, 0.25) is 0 Å². The average molecular weight is 305 g/mol. The highest BCUT2D eigenvalue weighted by atomic mass is 32.1. The zero-order valence-electron chi connectivity index (χ0n) is 11.9. The molecule has 1 aliphatic rings. The smallest absolute Gasteiger partial charge is 0.123 e. The highest BCUT2D eigenvalue weighted by Gasteiger charge is 2.26. The normalized spacial score (nSPS) is 17.2. The van der Waals surface area contributed by atoms with Crippen LogP contribution in [-0.4, -0.2) is 5.11 Å². The second-order valence-electron chi connectivity index (χ2n) is 5.69. The van der Waals surface area contributed by atoms with Crippen LogP contribution < -0.4 is 5.32 Å². The molecule has 0 amide bonds. The third-order valence-electron chi connectivity index (χ3n) is 4.27. The summed E-state index contributed by atoms with van der Waals surface area (Å²) in [7, 11) is 0. The van der Waals surface area contributed by atoms with Crippen molar-refractivity contribution in [3.05, 3.63) is 52.0 Å². The number of rotatable bonds is 5. The molecule has 1 atom stereocenters. The highest BCUT2D eigenvalue weighted by molar-refractivity contribution is 7.10. The summed E-state index contributed by atoms with van der Waals surface area (Å²) in [6, 6.07) is 8.64. The lowest BCUT2D eigenvalue weighted by atomic mass is 9.96. The van der Waals surface area contributed by atoms with Crippen LogP contribution in [0.5, 0.6) is 5.75 Å². The molecule has 0 bridgehead atoms. The van der Waals surface area contributed by atoms with Crippen LogP contribution in [0.25, 0.3) is 0 Å². The van der Waals surface area contributed by atoms with Crippen molar-refractivity contribution in [1.29, 1.82) is 0 Å². The van der Waals surface area contributed by atoms with Crippen LogP contribution in [0.4, 0.5) is 4.39 Å². The van der Waals surface area contributed by atoms with Gasteiger partial charge in [-0.2, -0.15) is 0 Å². The van der Waals surface area contributed by atoms with E-state index >= 15 is 0 Å². The van der Waals surface area contributed by atoms with Gasteiger partial charge in [-0.25, -0.2) is 4.39 Å². The summed E-state index contributed by atoms with van der Waals surface area (Å²) in [5, 5.41) is 15.5. The van der Waals surface area contributed by atoms with Crippen LogP contribution in [0.3, 0.4) is 0 Å². The van der Waals surface area contributed by atoms with E-state index in [1.54, 1.807) is 11.3 Å². The van der Waals surface area contributed by atoms with E-state index in [1.807, 2.05) is 0 Å². The minimum Gasteiger partial charge on any atom is -0.508 e. The van der Waals surface area contributed by atoms with E-state index in [1.165, 1.54) is 48.8 Å². The molecule has 1 fully saturated rings. The number of nitrogens with one attached hydrogen (secondary N) is 1. The molecule has 21 heavy (non-hydrogen) atoms. The number of hydrogen-bond acceptors (Lipinski definition) is 3. The Kier molecular flexibility index (Phi) is 4.56. The second kappa shape index (κ2) is 6.58. The predicted octanol–water partition coefficient (Wildman–Crippen LogP) is 4.61. The molecule has 4 heteroatoms. The van der Waals surface area contributed by atoms with Crippen molar-refractivity contribution in [2.24, 2.45) is 5.92 Å². The van der Waals surface area contributed by atoms with Gasteiger partial charge in [0.1, 0.15) is 11.6 Å². The molecule has 3 rings (SSSR count). The van der Waals surface area contributed by atoms with Crippen molar-refractivity contribution in [1.82, 2.24) is 5.32 Å². The van der Waals surface area contributed by atoms with Gasteiger partial charge >= 0.3 is 0 Å². The van der Waals surface area contributed by atoms with E-state index in [0.717, 1.165) is 0 Å². The molecule has 2 N–H and O–H groups in total. The van der Waals surface area contributed by atoms with Crippen LogP contribution >= 0.6 is 11.3 Å².